The Balaban J connectivity index is 2.42. The summed E-state index contributed by atoms with van der Waals surface area (Å²) in [5.41, 5.74) is 6.90. The lowest BCUT2D eigenvalue weighted by atomic mass is 10.2. The molecule has 114 valence electrons. The summed E-state index contributed by atoms with van der Waals surface area (Å²) >= 11 is 0. The number of hydrogen-bond donors (Lipinski definition) is 2. The summed E-state index contributed by atoms with van der Waals surface area (Å²) in [6.07, 6.45) is 0.585. The van der Waals surface area contributed by atoms with Gasteiger partial charge in [0, 0.05) is 30.4 Å². The molecule has 2 heterocycles. The topological polar surface area (TPSA) is 101 Å². The maximum absolute atomic E-state index is 12.8. The van der Waals surface area contributed by atoms with Crippen molar-refractivity contribution in [2.24, 2.45) is 5.73 Å². The molecule has 1 saturated heterocycles. The van der Waals surface area contributed by atoms with E-state index in [0.717, 1.165) is 0 Å². The number of nitrogens with two attached hydrogens (primary N) is 1. The Hall–Kier alpha value is -0.960. The van der Waals surface area contributed by atoms with Crippen molar-refractivity contribution >= 4 is 10.0 Å². The fraction of sp³-hybridized carbons (Fsp3) is 0.750. The quantitative estimate of drug-likeness (QED) is 0.836. The molecule has 2 unspecified atom stereocenters. The Morgan fingerprint density at radius 3 is 2.85 bits per heavy atom. The van der Waals surface area contributed by atoms with Gasteiger partial charge in [-0.1, -0.05) is 6.92 Å². The molecule has 0 aliphatic carbocycles. The van der Waals surface area contributed by atoms with E-state index in [0.29, 0.717) is 30.8 Å². The van der Waals surface area contributed by atoms with Gasteiger partial charge < -0.3 is 10.5 Å². The molecule has 20 heavy (non-hydrogen) atoms. The van der Waals surface area contributed by atoms with Gasteiger partial charge in [0.25, 0.3) is 10.0 Å². The second-order valence-corrected chi connectivity index (χ2v) is 6.92. The number of hydrogen-bond acceptors (Lipinski definition) is 5. The Morgan fingerprint density at radius 2 is 2.25 bits per heavy atom. The van der Waals surface area contributed by atoms with Crippen molar-refractivity contribution in [2.45, 2.75) is 50.9 Å². The first kappa shape index (κ1) is 15.4. The van der Waals surface area contributed by atoms with E-state index in [2.05, 4.69) is 10.2 Å². The van der Waals surface area contributed by atoms with E-state index in [1.807, 2.05) is 13.8 Å². The summed E-state index contributed by atoms with van der Waals surface area (Å²) in [5, 5.41) is 6.71. The smallest absolute Gasteiger partial charge is 0.263 e. The number of aromatic amines is 1. The summed E-state index contributed by atoms with van der Waals surface area (Å²) < 4.78 is 32.7. The van der Waals surface area contributed by atoms with Crippen LogP contribution >= 0.6 is 0 Å². The van der Waals surface area contributed by atoms with Crippen LogP contribution in [0.25, 0.3) is 0 Å². The van der Waals surface area contributed by atoms with Crippen molar-refractivity contribution in [3.63, 3.8) is 0 Å². The van der Waals surface area contributed by atoms with E-state index in [1.165, 1.54) is 4.31 Å². The molecule has 1 aromatic heterocycles. The number of morpholine rings is 1. The molecule has 7 nitrogen and oxygen atoms in total. The van der Waals surface area contributed by atoms with Crippen LogP contribution in [0.1, 0.15) is 31.5 Å². The highest BCUT2D eigenvalue weighted by Crippen LogP contribution is 2.26. The van der Waals surface area contributed by atoms with Gasteiger partial charge in [0.05, 0.1) is 12.7 Å². The van der Waals surface area contributed by atoms with Crippen molar-refractivity contribution in [2.75, 3.05) is 13.2 Å². The summed E-state index contributed by atoms with van der Waals surface area (Å²) in [7, 11) is -3.65. The summed E-state index contributed by atoms with van der Waals surface area (Å²) in [4.78, 5) is 0. The third-order valence-electron chi connectivity index (χ3n) is 3.68. The van der Waals surface area contributed by atoms with Gasteiger partial charge in [-0.2, -0.15) is 9.40 Å². The van der Waals surface area contributed by atoms with E-state index in [9.17, 15) is 8.42 Å². The van der Waals surface area contributed by atoms with Crippen LogP contribution in [0.2, 0.25) is 0 Å². The molecule has 2 atom stereocenters. The van der Waals surface area contributed by atoms with Gasteiger partial charge in [-0.25, -0.2) is 8.42 Å². The molecule has 8 heteroatoms. The van der Waals surface area contributed by atoms with Crippen molar-refractivity contribution in [3.05, 3.63) is 11.3 Å². The molecule has 0 amide bonds. The number of sulfonamides is 1. The largest absolute Gasteiger partial charge is 0.375 e. The molecule has 1 aromatic rings. The molecule has 0 aromatic carbocycles. The second-order valence-electron chi connectivity index (χ2n) is 5.12. The molecule has 2 rings (SSSR count). The minimum Gasteiger partial charge on any atom is -0.375 e. The Labute approximate surface area is 119 Å². The number of aryl methyl sites for hydroxylation is 1. The first-order valence-electron chi connectivity index (χ1n) is 6.79. The number of ether oxygens (including phenoxy) is 1. The number of nitrogens with one attached hydrogen (secondary N) is 1. The van der Waals surface area contributed by atoms with Gasteiger partial charge in [-0.05, 0) is 20.3 Å². The molecule has 3 N–H and O–H groups in total. The lowest BCUT2D eigenvalue weighted by Crippen LogP contribution is -2.51. The standard InChI is InChI=1S/C12H22N4O3S/c1-4-10-7-19-8(2)6-16(10)20(17,18)12-11(5-13)9(3)14-15-12/h8,10H,4-7,13H2,1-3H3,(H,14,15). The maximum atomic E-state index is 12.8. The first-order valence-corrected chi connectivity index (χ1v) is 8.23. The zero-order valence-corrected chi connectivity index (χ0v) is 12.9. The molecule has 1 aliphatic rings. The highest BCUT2D eigenvalue weighted by Gasteiger charge is 2.38. The van der Waals surface area contributed by atoms with Gasteiger partial charge in [0.1, 0.15) is 0 Å². The first-order chi connectivity index (χ1) is 9.41. The van der Waals surface area contributed by atoms with Crippen molar-refractivity contribution in [1.82, 2.24) is 14.5 Å². The van der Waals surface area contributed by atoms with E-state index >= 15 is 0 Å². The van der Waals surface area contributed by atoms with E-state index in [4.69, 9.17) is 10.5 Å². The fourth-order valence-corrected chi connectivity index (χ4v) is 4.36. The lowest BCUT2D eigenvalue weighted by Gasteiger charge is -2.36. The average Bonchev–Trinajstić information content (AvgIpc) is 2.80. The van der Waals surface area contributed by atoms with Crippen LogP contribution in [-0.2, 0) is 21.3 Å². The monoisotopic (exact) mass is 302 g/mol. The molecule has 0 radical (unpaired) electrons. The van der Waals surface area contributed by atoms with Crippen molar-refractivity contribution in [1.29, 1.82) is 0 Å². The molecular weight excluding hydrogens is 280 g/mol. The number of aromatic nitrogens is 2. The van der Waals surface area contributed by atoms with Crippen molar-refractivity contribution in [3.8, 4) is 0 Å². The number of nitrogens with zero attached hydrogens (tertiary/aromatic N) is 2. The summed E-state index contributed by atoms with van der Waals surface area (Å²) in [6.45, 7) is 6.50. The van der Waals surface area contributed by atoms with Gasteiger partial charge in [0.15, 0.2) is 5.03 Å². The molecule has 0 saturated carbocycles. The molecule has 0 bridgehead atoms. The van der Waals surface area contributed by atoms with Crippen LogP contribution in [0.15, 0.2) is 5.03 Å². The third kappa shape index (κ3) is 2.60. The van der Waals surface area contributed by atoms with E-state index in [1.54, 1.807) is 6.92 Å². The minimum atomic E-state index is -3.65. The van der Waals surface area contributed by atoms with Crippen LogP contribution in [-0.4, -0.2) is 48.2 Å². The lowest BCUT2D eigenvalue weighted by molar-refractivity contribution is -0.0231. The van der Waals surface area contributed by atoms with E-state index < -0.39 is 10.0 Å². The molecule has 1 aliphatic heterocycles. The fourth-order valence-electron chi connectivity index (χ4n) is 2.42. The van der Waals surface area contributed by atoms with Crippen LogP contribution in [0.4, 0.5) is 0 Å². The zero-order chi connectivity index (χ0) is 14.9. The molecule has 0 spiro atoms. The molecule has 1 fully saturated rings. The second kappa shape index (κ2) is 5.80. The SMILES string of the molecule is CCC1COC(C)CN1S(=O)(=O)c1n[nH]c(C)c1CN. The third-order valence-corrected chi connectivity index (χ3v) is 5.57. The molecular formula is C12H22N4O3S. The maximum Gasteiger partial charge on any atom is 0.263 e. The predicted molar refractivity (Wildman–Crippen MR) is 74.6 cm³/mol. The Morgan fingerprint density at radius 1 is 1.55 bits per heavy atom. The van der Waals surface area contributed by atoms with Crippen LogP contribution in [0.3, 0.4) is 0 Å². The average molecular weight is 302 g/mol. The van der Waals surface area contributed by atoms with Gasteiger partial charge >= 0.3 is 0 Å². The highest BCUT2D eigenvalue weighted by molar-refractivity contribution is 7.89. The highest BCUT2D eigenvalue weighted by atomic mass is 32.2. The normalized spacial score (nSPS) is 25.0. The minimum absolute atomic E-state index is 0.0463. The zero-order valence-electron chi connectivity index (χ0n) is 12.1. The Bertz CT molecular complexity index is 569. The van der Waals surface area contributed by atoms with Crippen LogP contribution in [0.5, 0.6) is 0 Å². The predicted octanol–water partition coefficient (Wildman–Crippen LogP) is 0.365. The van der Waals surface area contributed by atoms with Gasteiger partial charge in [0.2, 0.25) is 0 Å². The summed E-state index contributed by atoms with van der Waals surface area (Å²) in [6, 6.07) is -0.154. The van der Waals surface area contributed by atoms with Crippen molar-refractivity contribution < 1.29 is 13.2 Å². The number of H-pyrrole nitrogens is 1. The van der Waals surface area contributed by atoms with Crippen LogP contribution in [0, 0.1) is 6.92 Å². The number of rotatable bonds is 4. The van der Waals surface area contributed by atoms with Crippen LogP contribution < -0.4 is 5.73 Å². The Kier molecular flexibility index (Phi) is 4.48. The van der Waals surface area contributed by atoms with Gasteiger partial charge in [-0.15, -0.1) is 0 Å². The van der Waals surface area contributed by atoms with E-state index in [-0.39, 0.29) is 23.7 Å². The van der Waals surface area contributed by atoms with Gasteiger partial charge in [-0.3, -0.25) is 5.10 Å². The summed E-state index contributed by atoms with van der Waals surface area (Å²) in [5.74, 6) is 0.